The number of fused-ring (bicyclic) bond motifs is 4. The molecule has 0 bridgehead atoms. The second kappa shape index (κ2) is 6.80. The number of hydrogen-bond acceptors (Lipinski definition) is 4. The monoisotopic (exact) mass is 536 g/mol. The predicted molar refractivity (Wildman–Crippen MR) is 123 cm³/mol. The van der Waals surface area contributed by atoms with Crippen molar-refractivity contribution in [1.29, 1.82) is 0 Å². The fourth-order valence-electron chi connectivity index (χ4n) is 6.52. The number of hydrogen-bond donors (Lipinski definition) is 3. The van der Waals surface area contributed by atoms with Crippen LogP contribution in [0.2, 0.25) is 0 Å². The van der Waals surface area contributed by atoms with E-state index < -0.39 is 5.60 Å². The summed E-state index contributed by atoms with van der Waals surface area (Å²) in [6.07, 6.45) is 7.38. The van der Waals surface area contributed by atoms with E-state index in [0.29, 0.717) is 14.5 Å². The Morgan fingerprint density at radius 2 is 1.43 bits per heavy atom. The molecule has 3 N–H and O–H groups in total. The Balaban J connectivity index is 1.83. The summed E-state index contributed by atoms with van der Waals surface area (Å²) in [7, 11) is 0. The first kappa shape index (κ1) is 20.5. The minimum Gasteiger partial charge on any atom is -0.507 e. The molecule has 4 nitrogen and oxygen atoms in total. The van der Waals surface area contributed by atoms with Crippen molar-refractivity contribution in [3.63, 3.8) is 0 Å². The van der Waals surface area contributed by atoms with Crippen molar-refractivity contribution in [2.24, 2.45) is 5.92 Å². The number of halogens is 2. The maximum atomic E-state index is 11.1. The highest BCUT2D eigenvalue weighted by molar-refractivity contribution is 9.10. The molecule has 6 heteroatoms. The fourth-order valence-corrected chi connectivity index (χ4v) is 7.57. The van der Waals surface area contributed by atoms with Gasteiger partial charge in [0.15, 0.2) is 0 Å². The van der Waals surface area contributed by atoms with Crippen LogP contribution in [-0.2, 0) is 11.0 Å². The SMILES string of the molecule is Cc1c(O)c(Br)cc([C@]23CCC[C@@H]2C2(CCCC2)c2cc(Br)c(O)c(C)c2O3)c1O. The van der Waals surface area contributed by atoms with Gasteiger partial charge in [-0.3, -0.25) is 0 Å². The molecule has 30 heavy (non-hydrogen) atoms. The number of benzene rings is 2. The first-order valence-electron chi connectivity index (χ1n) is 10.7. The average molecular weight is 538 g/mol. The molecule has 0 unspecified atom stereocenters. The van der Waals surface area contributed by atoms with E-state index in [1.54, 1.807) is 6.92 Å². The number of phenols is 3. The Morgan fingerprint density at radius 3 is 2.10 bits per heavy atom. The van der Waals surface area contributed by atoms with Crippen LogP contribution in [-0.4, -0.2) is 15.3 Å². The largest absolute Gasteiger partial charge is 0.507 e. The Labute approximate surface area is 193 Å². The lowest BCUT2D eigenvalue weighted by Gasteiger charge is -2.52. The van der Waals surface area contributed by atoms with Gasteiger partial charge in [-0.25, -0.2) is 0 Å². The van der Waals surface area contributed by atoms with Crippen molar-refractivity contribution < 1.29 is 20.1 Å². The summed E-state index contributed by atoms with van der Waals surface area (Å²) < 4.78 is 8.15. The molecule has 0 radical (unpaired) electrons. The van der Waals surface area contributed by atoms with Gasteiger partial charge >= 0.3 is 0 Å². The molecule has 0 aromatic heterocycles. The topological polar surface area (TPSA) is 69.9 Å². The summed E-state index contributed by atoms with van der Waals surface area (Å²) in [6, 6.07) is 3.89. The van der Waals surface area contributed by atoms with Gasteiger partial charge in [0.1, 0.15) is 28.6 Å². The van der Waals surface area contributed by atoms with Gasteiger partial charge in [0, 0.05) is 33.6 Å². The molecule has 3 aliphatic rings. The average Bonchev–Trinajstić information content (AvgIpc) is 3.38. The van der Waals surface area contributed by atoms with E-state index in [2.05, 4.69) is 37.9 Å². The molecule has 0 amide bonds. The third-order valence-corrected chi connectivity index (χ3v) is 9.15. The van der Waals surface area contributed by atoms with Crippen molar-refractivity contribution >= 4 is 31.9 Å². The van der Waals surface area contributed by atoms with E-state index in [1.807, 2.05) is 13.0 Å². The molecule has 2 aliphatic carbocycles. The van der Waals surface area contributed by atoms with Crippen molar-refractivity contribution in [3.05, 3.63) is 43.3 Å². The number of aromatic hydroxyl groups is 3. The van der Waals surface area contributed by atoms with E-state index in [-0.39, 0.29) is 28.6 Å². The first-order chi connectivity index (χ1) is 14.2. The number of ether oxygens (including phenoxy) is 1. The standard InChI is InChI=1S/C24H26Br2O4/c1-12-19(27)14(10-16(25)20(12)28)24-9-5-6-18(24)23(7-3-4-8-23)15-11-17(26)21(29)13(2)22(15)30-24/h10-11,18,27-29H,3-9H2,1-2H3/t18-,24-/m1/s1. The zero-order valence-electron chi connectivity index (χ0n) is 17.2. The Bertz CT molecular complexity index is 1060. The maximum absolute atomic E-state index is 11.1. The van der Waals surface area contributed by atoms with E-state index >= 15 is 0 Å². The van der Waals surface area contributed by atoms with E-state index in [4.69, 9.17) is 4.74 Å². The molecule has 2 fully saturated rings. The molecular formula is C24H26Br2O4. The van der Waals surface area contributed by atoms with Crippen molar-refractivity contribution in [1.82, 2.24) is 0 Å². The normalized spacial score (nSPS) is 26.5. The highest BCUT2D eigenvalue weighted by Gasteiger charge is 2.62. The van der Waals surface area contributed by atoms with Gasteiger partial charge in [-0.1, -0.05) is 12.8 Å². The molecule has 5 rings (SSSR count). The van der Waals surface area contributed by atoms with Crippen molar-refractivity contribution in [3.8, 4) is 23.0 Å². The van der Waals surface area contributed by atoms with Gasteiger partial charge in [0.05, 0.1) is 8.95 Å². The van der Waals surface area contributed by atoms with Gasteiger partial charge in [0.2, 0.25) is 0 Å². The predicted octanol–water partition coefficient (Wildman–Crippen LogP) is 6.85. The van der Waals surface area contributed by atoms with Gasteiger partial charge in [0.25, 0.3) is 0 Å². The van der Waals surface area contributed by atoms with Gasteiger partial charge in [-0.2, -0.15) is 0 Å². The Morgan fingerprint density at radius 1 is 0.833 bits per heavy atom. The molecule has 0 saturated heterocycles. The van der Waals surface area contributed by atoms with Crippen LogP contribution in [0.4, 0.5) is 0 Å². The Hall–Kier alpha value is -1.40. The number of phenolic OH excluding ortho intramolecular Hbond substituents is 3. The number of rotatable bonds is 1. The fraction of sp³-hybridized carbons (Fsp3) is 0.500. The maximum Gasteiger partial charge on any atom is 0.141 e. The lowest BCUT2D eigenvalue weighted by atomic mass is 9.60. The summed E-state index contributed by atoms with van der Waals surface area (Å²) >= 11 is 7.02. The van der Waals surface area contributed by atoms with E-state index in [9.17, 15) is 15.3 Å². The summed E-state index contributed by atoms with van der Waals surface area (Å²) in [5.41, 5.74) is 2.43. The molecule has 160 valence electrons. The molecule has 2 atom stereocenters. The van der Waals surface area contributed by atoms with Gasteiger partial charge in [-0.15, -0.1) is 0 Å². The first-order valence-corrected chi connectivity index (χ1v) is 12.2. The van der Waals surface area contributed by atoms with Crippen molar-refractivity contribution in [2.45, 2.75) is 69.8 Å². The van der Waals surface area contributed by atoms with Gasteiger partial charge < -0.3 is 20.1 Å². The van der Waals surface area contributed by atoms with Crippen LogP contribution in [0.25, 0.3) is 0 Å². The third kappa shape index (κ3) is 2.49. The third-order valence-electron chi connectivity index (χ3n) is 7.94. The minimum atomic E-state index is -0.673. The molecule has 2 aromatic carbocycles. The lowest BCUT2D eigenvalue weighted by Crippen LogP contribution is -2.51. The lowest BCUT2D eigenvalue weighted by molar-refractivity contribution is -0.0373. The van der Waals surface area contributed by atoms with Crippen LogP contribution >= 0.6 is 31.9 Å². The summed E-state index contributed by atoms with van der Waals surface area (Å²) in [4.78, 5) is 0. The second-order valence-electron chi connectivity index (χ2n) is 9.24. The van der Waals surface area contributed by atoms with Crippen LogP contribution < -0.4 is 4.74 Å². The highest BCUT2D eigenvalue weighted by atomic mass is 79.9. The smallest absolute Gasteiger partial charge is 0.141 e. The molecular weight excluding hydrogens is 512 g/mol. The zero-order chi connectivity index (χ0) is 21.4. The van der Waals surface area contributed by atoms with Gasteiger partial charge in [-0.05, 0) is 89.9 Å². The molecule has 1 spiro atoms. The second-order valence-corrected chi connectivity index (χ2v) is 10.9. The summed E-state index contributed by atoms with van der Waals surface area (Å²) in [6.45, 7) is 3.64. The van der Waals surface area contributed by atoms with E-state index in [0.717, 1.165) is 49.0 Å². The summed E-state index contributed by atoms with van der Waals surface area (Å²) in [5, 5.41) is 32.1. The molecule has 2 saturated carbocycles. The van der Waals surface area contributed by atoms with Crippen LogP contribution in [0.3, 0.4) is 0 Å². The minimum absolute atomic E-state index is 0.0320. The van der Waals surface area contributed by atoms with Crippen LogP contribution in [0.15, 0.2) is 21.1 Å². The molecule has 2 aromatic rings. The van der Waals surface area contributed by atoms with Crippen LogP contribution in [0.1, 0.15) is 67.2 Å². The summed E-state index contributed by atoms with van der Waals surface area (Å²) in [5.74, 6) is 1.38. The quantitative estimate of drug-likeness (QED) is 0.372. The highest BCUT2D eigenvalue weighted by Crippen LogP contribution is 2.67. The van der Waals surface area contributed by atoms with Crippen LogP contribution in [0.5, 0.6) is 23.0 Å². The van der Waals surface area contributed by atoms with E-state index in [1.165, 1.54) is 18.4 Å². The Kier molecular flexibility index (Phi) is 4.64. The van der Waals surface area contributed by atoms with Crippen LogP contribution in [0, 0.1) is 19.8 Å². The molecule has 1 aliphatic heterocycles. The zero-order valence-corrected chi connectivity index (χ0v) is 20.4. The molecule has 1 heterocycles. The van der Waals surface area contributed by atoms with Crippen molar-refractivity contribution in [2.75, 3.05) is 0 Å².